The fourth-order valence-electron chi connectivity index (χ4n) is 0.503. The molecule has 0 unspecified atom stereocenters. The highest BCUT2D eigenvalue weighted by Crippen LogP contribution is 2.48. The minimum Gasteiger partial charge on any atom is -0.287 e. The Morgan fingerprint density at radius 3 is 1.92 bits per heavy atom. The minimum atomic E-state index is -3.54. The second-order valence-corrected chi connectivity index (χ2v) is 3.49. The van der Waals surface area contributed by atoms with Gasteiger partial charge in [0, 0.05) is 0 Å². The number of rotatable bonds is 6. The third-order valence-electron chi connectivity index (χ3n) is 0.899. The smallest absolute Gasteiger partial charge is 0.287 e. The average molecular weight is 202 g/mol. The van der Waals surface area contributed by atoms with Crippen LogP contribution < -0.4 is 0 Å². The molecule has 0 aliphatic carbocycles. The summed E-state index contributed by atoms with van der Waals surface area (Å²) in [4.78, 5) is 0. The molecule has 13 heavy (non-hydrogen) atoms. The first-order valence-corrected chi connectivity index (χ1v) is 5.05. The predicted molar refractivity (Wildman–Crippen MR) is 48.8 cm³/mol. The van der Waals surface area contributed by atoms with E-state index in [0.717, 1.165) is 0 Å². The summed E-state index contributed by atoms with van der Waals surface area (Å²) in [5.41, 5.74) is 0. The van der Waals surface area contributed by atoms with Crippen LogP contribution in [0.2, 0.25) is 0 Å². The maximum absolute atomic E-state index is 11.5. The van der Waals surface area contributed by atoms with Crippen LogP contribution in [0.15, 0.2) is 0 Å². The van der Waals surface area contributed by atoms with Crippen LogP contribution >= 0.6 is 7.82 Å². The van der Waals surface area contributed by atoms with Crippen LogP contribution in [0.3, 0.4) is 0 Å². The summed E-state index contributed by atoms with van der Waals surface area (Å²) in [6, 6.07) is 0. The Hall–Kier alpha value is -0.770. The monoisotopic (exact) mass is 202 g/mol. The fraction of sp³-hybridized carbons (Fsp3) is 0.500. The molecule has 0 amide bonds. The van der Waals surface area contributed by atoms with E-state index in [9.17, 15) is 4.57 Å². The lowest BCUT2D eigenvalue weighted by molar-refractivity contribution is 0.139. The molecular weight excluding hydrogens is 191 g/mol. The summed E-state index contributed by atoms with van der Waals surface area (Å²) in [6.07, 6.45) is 9.83. The van der Waals surface area contributed by atoms with Gasteiger partial charge in [-0.05, 0) is 6.92 Å². The van der Waals surface area contributed by atoms with Gasteiger partial charge in [0.1, 0.15) is 13.2 Å². The standard InChI is InChI=1S/C8H11O4P/c1-4-7-11-13(9,10-6-3)12-8-5-2/h1-2H,6-8H2,3H3. The first-order valence-electron chi connectivity index (χ1n) is 3.59. The molecule has 0 spiro atoms. The highest BCUT2D eigenvalue weighted by Gasteiger charge is 2.24. The number of terminal acetylenes is 2. The van der Waals surface area contributed by atoms with E-state index in [-0.39, 0.29) is 19.8 Å². The van der Waals surface area contributed by atoms with E-state index in [4.69, 9.17) is 26.4 Å². The molecule has 0 N–H and O–H groups in total. The van der Waals surface area contributed by atoms with Gasteiger partial charge in [-0.25, -0.2) is 4.57 Å². The maximum atomic E-state index is 11.5. The van der Waals surface area contributed by atoms with E-state index in [1.54, 1.807) is 6.92 Å². The van der Waals surface area contributed by atoms with Crippen molar-refractivity contribution in [2.24, 2.45) is 0 Å². The van der Waals surface area contributed by atoms with Gasteiger partial charge in [0.2, 0.25) is 0 Å². The molecule has 0 fully saturated rings. The predicted octanol–water partition coefficient (Wildman–Crippen LogP) is 1.43. The summed E-state index contributed by atoms with van der Waals surface area (Å²) in [5.74, 6) is 4.30. The topological polar surface area (TPSA) is 44.8 Å². The van der Waals surface area contributed by atoms with Crippen LogP contribution in [0, 0.1) is 24.7 Å². The van der Waals surface area contributed by atoms with Gasteiger partial charge in [-0.3, -0.25) is 13.6 Å². The Morgan fingerprint density at radius 1 is 1.15 bits per heavy atom. The summed E-state index contributed by atoms with van der Waals surface area (Å²) in [7, 11) is -3.54. The molecule has 0 heterocycles. The molecule has 0 aromatic heterocycles. The Balaban J connectivity index is 4.11. The number of phosphoric acid groups is 1. The van der Waals surface area contributed by atoms with Crippen LogP contribution in [-0.2, 0) is 18.1 Å². The maximum Gasteiger partial charge on any atom is 0.476 e. The van der Waals surface area contributed by atoms with Crippen LogP contribution in [-0.4, -0.2) is 19.8 Å². The Morgan fingerprint density at radius 2 is 1.62 bits per heavy atom. The summed E-state index contributed by atoms with van der Waals surface area (Å²) in [5, 5.41) is 0. The molecule has 0 saturated carbocycles. The van der Waals surface area contributed by atoms with E-state index >= 15 is 0 Å². The highest BCUT2D eigenvalue weighted by atomic mass is 31.2. The number of hydrogen-bond acceptors (Lipinski definition) is 4. The number of hydrogen-bond donors (Lipinski definition) is 0. The van der Waals surface area contributed by atoms with Gasteiger partial charge in [0.25, 0.3) is 0 Å². The lowest BCUT2D eigenvalue weighted by Gasteiger charge is -2.13. The van der Waals surface area contributed by atoms with Gasteiger partial charge in [0.15, 0.2) is 0 Å². The first kappa shape index (κ1) is 12.2. The summed E-state index contributed by atoms with van der Waals surface area (Å²) >= 11 is 0. The Bertz CT molecular complexity index is 238. The zero-order valence-corrected chi connectivity index (χ0v) is 8.25. The van der Waals surface area contributed by atoms with Crippen molar-refractivity contribution in [1.29, 1.82) is 0 Å². The van der Waals surface area contributed by atoms with E-state index in [1.165, 1.54) is 0 Å². The molecule has 0 aromatic carbocycles. The fourth-order valence-corrected chi connectivity index (χ4v) is 1.51. The van der Waals surface area contributed by atoms with Gasteiger partial charge in [-0.15, -0.1) is 12.8 Å². The summed E-state index contributed by atoms with van der Waals surface area (Å²) < 4.78 is 25.6. The average Bonchev–Trinajstić information content (AvgIpc) is 2.12. The van der Waals surface area contributed by atoms with Gasteiger partial charge in [0.05, 0.1) is 6.61 Å². The zero-order valence-electron chi connectivity index (χ0n) is 7.36. The lowest BCUT2D eigenvalue weighted by atomic mass is 10.8. The van der Waals surface area contributed by atoms with Crippen LogP contribution in [0.4, 0.5) is 0 Å². The Labute approximate surface area is 78.2 Å². The van der Waals surface area contributed by atoms with E-state index in [0.29, 0.717) is 0 Å². The molecule has 0 aromatic rings. The van der Waals surface area contributed by atoms with Gasteiger partial charge >= 0.3 is 7.82 Å². The highest BCUT2D eigenvalue weighted by molar-refractivity contribution is 7.48. The molecule has 4 nitrogen and oxygen atoms in total. The summed E-state index contributed by atoms with van der Waals surface area (Å²) in [6.45, 7) is 1.58. The van der Waals surface area contributed by atoms with E-state index in [2.05, 4.69) is 11.8 Å². The van der Waals surface area contributed by atoms with E-state index < -0.39 is 7.82 Å². The van der Waals surface area contributed by atoms with Crippen molar-refractivity contribution in [3.05, 3.63) is 0 Å². The molecule has 0 aliphatic heterocycles. The molecular formula is C8H11O4P. The zero-order chi connectivity index (χ0) is 10.2. The van der Waals surface area contributed by atoms with Crippen molar-refractivity contribution in [1.82, 2.24) is 0 Å². The van der Waals surface area contributed by atoms with Crippen molar-refractivity contribution in [2.75, 3.05) is 19.8 Å². The molecule has 0 rings (SSSR count). The van der Waals surface area contributed by atoms with Crippen molar-refractivity contribution in [3.8, 4) is 24.7 Å². The van der Waals surface area contributed by atoms with Crippen molar-refractivity contribution in [2.45, 2.75) is 6.92 Å². The molecule has 0 saturated heterocycles. The number of phosphoric ester groups is 1. The van der Waals surface area contributed by atoms with Crippen LogP contribution in [0.1, 0.15) is 6.92 Å². The van der Waals surface area contributed by atoms with Crippen LogP contribution in [0.5, 0.6) is 0 Å². The van der Waals surface area contributed by atoms with Gasteiger partial charge in [-0.1, -0.05) is 11.8 Å². The molecule has 0 bridgehead atoms. The molecule has 0 atom stereocenters. The largest absolute Gasteiger partial charge is 0.476 e. The van der Waals surface area contributed by atoms with Crippen molar-refractivity contribution in [3.63, 3.8) is 0 Å². The van der Waals surface area contributed by atoms with Crippen molar-refractivity contribution >= 4 is 7.82 Å². The molecule has 0 radical (unpaired) electrons. The second-order valence-electron chi connectivity index (χ2n) is 1.82. The quantitative estimate of drug-likeness (QED) is 0.482. The molecule has 72 valence electrons. The SMILES string of the molecule is C#CCOP(=O)(OCC)OCC#C. The minimum absolute atomic E-state index is 0.137. The molecule has 0 aliphatic rings. The third kappa shape index (κ3) is 5.47. The second kappa shape index (κ2) is 6.71. The third-order valence-corrected chi connectivity index (χ3v) is 2.36. The lowest BCUT2D eigenvalue weighted by Crippen LogP contribution is -2.00. The van der Waals surface area contributed by atoms with E-state index in [1.807, 2.05) is 0 Å². The molecule has 5 heteroatoms. The van der Waals surface area contributed by atoms with Crippen LogP contribution in [0.25, 0.3) is 0 Å². The first-order chi connectivity index (χ1) is 6.18. The van der Waals surface area contributed by atoms with Gasteiger partial charge in [-0.2, -0.15) is 0 Å². The van der Waals surface area contributed by atoms with Gasteiger partial charge < -0.3 is 0 Å². The van der Waals surface area contributed by atoms with Crippen molar-refractivity contribution < 1.29 is 18.1 Å². The normalized spacial score (nSPS) is 10.4. The Kier molecular flexibility index (Phi) is 6.32.